The Kier molecular flexibility index (Phi) is 6.64. The van der Waals surface area contributed by atoms with Crippen LogP contribution in [-0.4, -0.2) is 31.1 Å². The fourth-order valence-corrected chi connectivity index (χ4v) is 2.89. The second-order valence-corrected chi connectivity index (χ2v) is 5.46. The average molecular weight is 327 g/mol. The molecule has 114 valence electrons. The smallest absolute Gasteiger partial charge is 0.387 e. The van der Waals surface area contributed by atoms with Crippen molar-refractivity contribution >= 4 is 29.7 Å². The maximum atomic E-state index is 12.2. The number of halogens is 3. The van der Waals surface area contributed by atoms with Gasteiger partial charge in [-0.05, 0) is 37.8 Å². The fraction of sp³-hybridized carbons (Fsp3) is 0.583. The zero-order valence-electron chi connectivity index (χ0n) is 10.9. The first kappa shape index (κ1) is 17.1. The Morgan fingerprint density at radius 3 is 3.00 bits per heavy atom. The van der Waals surface area contributed by atoms with E-state index in [1.54, 1.807) is 5.38 Å². The third-order valence-corrected chi connectivity index (χ3v) is 3.90. The van der Waals surface area contributed by atoms with Crippen LogP contribution in [0.5, 0.6) is 5.75 Å². The molecule has 2 heterocycles. The molecule has 0 spiro atoms. The molecule has 0 radical (unpaired) electrons. The Balaban J connectivity index is 0.00000200. The standard InChI is InChI=1S/C12H16F2N2O2S.ClH/c1-7-6-8(2-4-15-7)16-11(17)10-9(3-5-19-10)18-12(13)14;/h3,5,7-8,12,15H,2,4,6H2,1H3,(H,16,17);1H. The summed E-state index contributed by atoms with van der Waals surface area (Å²) in [6.07, 6.45) is 1.68. The highest BCUT2D eigenvalue weighted by Gasteiger charge is 2.23. The van der Waals surface area contributed by atoms with Gasteiger partial charge in [0, 0.05) is 12.1 Å². The van der Waals surface area contributed by atoms with E-state index in [0.717, 1.165) is 30.7 Å². The minimum Gasteiger partial charge on any atom is -0.433 e. The number of thiophene rings is 1. The van der Waals surface area contributed by atoms with E-state index in [4.69, 9.17) is 0 Å². The van der Waals surface area contributed by atoms with Crippen molar-refractivity contribution in [3.8, 4) is 5.75 Å². The van der Waals surface area contributed by atoms with Crippen molar-refractivity contribution in [1.29, 1.82) is 0 Å². The predicted octanol–water partition coefficient (Wildman–Crippen LogP) is 2.64. The largest absolute Gasteiger partial charge is 0.433 e. The van der Waals surface area contributed by atoms with Crippen LogP contribution in [0.4, 0.5) is 8.78 Å². The zero-order chi connectivity index (χ0) is 13.8. The third kappa shape index (κ3) is 4.57. The molecule has 20 heavy (non-hydrogen) atoms. The van der Waals surface area contributed by atoms with Crippen molar-refractivity contribution in [2.75, 3.05) is 6.54 Å². The Morgan fingerprint density at radius 2 is 2.35 bits per heavy atom. The SMILES string of the molecule is CC1CC(NC(=O)c2sccc2OC(F)F)CCN1.Cl. The molecule has 1 amide bonds. The Morgan fingerprint density at radius 1 is 1.60 bits per heavy atom. The number of piperidine rings is 1. The van der Waals surface area contributed by atoms with E-state index in [-0.39, 0.29) is 35.0 Å². The topological polar surface area (TPSA) is 50.4 Å². The van der Waals surface area contributed by atoms with Crippen LogP contribution < -0.4 is 15.4 Å². The predicted molar refractivity (Wildman–Crippen MR) is 76.2 cm³/mol. The third-order valence-electron chi connectivity index (χ3n) is 3.01. The number of hydrogen-bond acceptors (Lipinski definition) is 4. The molecule has 0 bridgehead atoms. The van der Waals surface area contributed by atoms with Gasteiger partial charge < -0.3 is 15.4 Å². The lowest BCUT2D eigenvalue weighted by Gasteiger charge is -2.28. The molecule has 1 aliphatic heterocycles. The van der Waals surface area contributed by atoms with Crippen molar-refractivity contribution < 1.29 is 18.3 Å². The van der Waals surface area contributed by atoms with Crippen LogP contribution in [0.1, 0.15) is 29.4 Å². The summed E-state index contributed by atoms with van der Waals surface area (Å²) in [7, 11) is 0. The van der Waals surface area contributed by atoms with Crippen LogP contribution in [0, 0.1) is 0 Å². The molecule has 2 atom stereocenters. The van der Waals surface area contributed by atoms with Crippen LogP contribution in [0.2, 0.25) is 0 Å². The van der Waals surface area contributed by atoms with Gasteiger partial charge in [-0.15, -0.1) is 23.7 Å². The zero-order valence-corrected chi connectivity index (χ0v) is 12.5. The molecule has 1 fully saturated rings. The number of carbonyl (C=O) groups is 1. The van der Waals surface area contributed by atoms with Crippen molar-refractivity contribution in [3.63, 3.8) is 0 Å². The first-order valence-corrected chi connectivity index (χ1v) is 7.00. The maximum Gasteiger partial charge on any atom is 0.387 e. The average Bonchev–Trinajstić information content (AvgIpc) is 2.76. The van der Waals surface area contributed by atoms with Gasteiger partial charge in [0.05, 0.1) is 0 Å². The van der Waals surface area contributed by atoms with Crippen molar-refractivity contribution in [2.45, 2.75) is 38.5 Å². The highest BCUT2D eigenvalue weighted by Crippen LogP contribution is 2.26. The Bertz CT molecular complexity index is 445. The molecule has 2 N–H and O–H groups in total. The number of alkyl halides is 2. The van der Waals surface area contributed by atoms with Crippen LogP contribution in [0.25, 0.3) is 0 Å². The lowest BCUT2D eigenvalue weighted by atomic mass is 10.0. The van der Waals surface area contributed by atoms with E-state index < -0.39 is 6.61 Å². The highest BCUT2D eigenvalue weighted by molar-refractivity contribution is 7.12. The molecule has 0 aliphatic carbocycles. The minimum absolute atomic E-state index is 0. The molecule has 1 saturated heterocycles. The number of amides is 1. The van der Waals surface area contributed by atoms with E-state index >= 15 is 0 Å². The van der Waals surface area contributed by atoms with Gasteiger partial charge in [0.25, 0.3) is 5.91 Å². The summed E-state index contributed by atoms with van der Waals surface area (Å²) in [5, 5.41) is 7.72. The van der Waals surface area contributed by atoms with Gasteiger partial charge in [0.2, 0.25) is 0 Å². The van der Waals surface area contributed by atoms with Crippen LogP contribution in [0.15, 0.2) is 11.4 Å². The van der Waals surface area contributed by atoms with E-state index in [0.29, 0.717) is 6.04 Å². The lowest BCUT2D eigenvalue weighted by molar-refractivity contribution is -0.0498. The van der Waals surface area contributed by atoms with Gasteiger partial charge in [-0.1, -0.05) is 0 Å². The molecule has 1 aromatic rings. The van der Waals surface area contributed by atoms with Crippen molar-refractivity contribution in [1.82, 2.24) is 10.6 Å². The Labute approximate surface area is 126 Å². The lowest BCUT2D eigenvalue weighted by Crippen LogP contribution is -2.46. The normalized spacial score (nSPS) is 22.2. The summed E-state index contributed by atoms with van der Waals surface area (Å²) in [6, 6.07) is 1.81. The molecular formula is C12H17ClF2N2O2S. The minimum atomic E-state index is -2.92. The fourth-order valence-electron chi connectivity index (χ4n) is 2.17. The quantitative estimate of drug-likeness (QED) is 0.894. The number of carbonyl (C=O) groups excluding carboxylic acids is 1. The van der Waals surface area contributed by atoms with E-state index in [1.165, 1.54) is 6.07 Å². The van der Waals surface area contributed by atoms with E-state index in [2.05, 4.69) is 22.3 Å². The van der Waals surface area contributed by atoms with Crippen molar-refractivity contribution in [2.24, 2.45) is 0 Å². The van der Waals surface area contributed by atoms with E-state index in [1.807, 2.05) is 0 Å². The number of rotatable bonds is 4. The molecular weight excluding hydrogens is 310 g/mol. The molecule has 0 aromatic carbocycles. The monoisotopic (exact) mass is 326 g/mol. The molecule has 1 aliphatic rings. The molecule has 1 aromatic heterocycles. The van der Waals surface area contributed by atoms with Gasteiger partial charge in [0.1, 0.15) is 10.6 Å². The van der Waals surface area contributed by atoms with Gasteiger partial charge in [0.15, 0.2) is 0 Å². The maximum absolute atomic E-state index is 12.2. The van der Waals surface area contributed by atoms with Gasteiger partial charge in [-0.3, -0.25) is 4.79 Å². The molecule has 2 unspecified atom stereocenters. The van der Waals surface area contributed by atoms with Gasteiger partial charge in [-0.2, -0.15) is 8.78 Å². The van der Waals surface area contributed by atoms with Crippen LogP contribution in [0.3, 0.4) is 0 Å². The first-order valence-electron chi connectivity index (χ1n) is 6.13. The summed E-state index contributed by atoms with van der Waals surface area (Å²) in [6.45, 7) is -0.0220. The Hall–Kier alpha value is -0.920. The molecule has 0 saturated carbocycles. The summed E-state index contributed by atoms with van der Waals surface area (Å²) in [4.78, 5) is 12.2. The van der Waals surface area contributed by atoms with E-state index in [9.17, 15) is 13.6 Å². The number of ether oxygens (including phenoxy) is 1. The van der Waals surface area contributed by atoms with Gasteiger partial charge >= 0.3 is 6.61 Å². The van der Waals surface area contributed by atoms with Crippen LogP contribution in [-0.2, 0) is 0 Å². The summed E-state index contributed by atoms with van der Waals surface area (Å²) in [5.74, 6) is -0.399. The van der Waals surface area contributed by atoms with Gasteiger partial charge in [-0.25, -0.2) is 0 Å². The summed E-state index contributed by atoms with van der Waals surface area (Å²) in [5.41, 5.74) is 0. The van der Waals surface area contributed by atoms with Crippen molar-refractivity contribution in [3.05, 3.63) is 16.3 Å². The molecule has 2 rings (SSSR count). The summed E-state index contributed by atoms with van der Waals surface area (Å²) >= 11 is 1.10. The van der Waals surface area contributed by atoms with Crippen LogP contribution >= 0.6 is 23.7 Å². The molecule has 8 heteroatoms. The molecule has 4 nitrogen and oxygen atoms in total. The first-order chi connectivity index (χ1) is 9.06. The summed E-state index contributed by atoms with van der Waals surface area (Å²) < 4.78 is 28.7. The highest BCUT2D eigenvalue weighted by atomic mass is 35.5. The second-order valence-electron chi connectivity index (χ2n) is 4.54. The second kappa shape index (κ2) is 7.75. The number of hydrogen-bond donors (Lipinski definition) is 2. The number of nitrogens with one attached hydrogen (secondary N) is 2.